The summed E-state index contributed by atoms with van der Waals surface area (Å²) in [6.07, 6.45) is 4.09. The molecule has 0 bridgehead atoms. The van der Waals surface area contributed by atoms with Gasteiger partial charge in [-0.25, -0.2) is 4.79 Å². The van der Waals surface area contributed by atoms with E-state index in [1.54, 1.807) is 4.90 Å². The van der Waals surface area contributed by atoms with Crippen LogP contribution >= 0.6 is 0 Å². The summed E-state index contributed by atoms with van der Waals surface area (Å²) in [7, 11) is 0. The molecule has 0 atom stereocenters. The molecule has 2 rings (SSSR count). The number of hydrogen-bond donors (Lipinski definition) is 1. The first-order chi connectivity index (χ1) is 10.4. The smallest absolute Gasteiger partial charge is 0.414 e. The topological polar surface area (TPSA) is 41.6 Å². The molecule has 1 aromatic rings. The van der Waals surface area contributed by atoms with Crippen LogP contribution in [0.15, 0.2) is 18.2 Å². The molecule has 0 saturated heterocycles. The standard InChI is InChI=1S/C18H28N2O2/c1-5-6-11-19-15-9-10-16-14(13-15)8-7-12-20(16)17(21)22-18(2,3)4/h9-10,13,19H,5-8,11-12H2,1-4H3. The number of benzene rings is 1. The van der Waals surface area contributed by atoms with Crippen LogP contribution in [0.2, 0.25) is 0 Å². The first-order valence-corrected chi connectivity index (χ1v) is 8.28. The van der Waals surface area contributed by atoms with Gasteiger partial charge in [-0.2, -0.15) is 0 Å². The zero-order valence-electron chi connectivity index (χ0n) is 14.2. The minimum atomic E-state index is -0.462. The number of aryl methyl sites for hydroxylation is 1. The highest BCUT2D eigenvalue weighted by Gasteiger charge is 2.27. The first-order valence-electron chi connectivity index (χ1n) is 8.28. The Labute approximate surface area is 133 Å². The van der Waals surface area contributed by atoms with Gasteiger partial charge in [0.25, 0.3) is 0 Å². The number of rotatable bonds is 4. The maximum atomic E-state index is 12.4. The molecule has 1 aliphatic rings. The van der Waals surface area contributed by atoms with Gasteiger partial charge in [0.05, 0.1) is 5.69 Å². The fourth-order valence-corrected chi connectivity index (χ4v) is 2.62. The molecule has 4 nitrogen and oxygen atoms in total. The molecule has 0 aromatic heterocycles. The van der Waals surface area contributed by atoms with Gasteiger partial charge in [-0.05, 0) is 63.8 Å². The van der Waals surface area contributed by atoms with E-state index >= 15 is 0 Å². The highest BCUT2D eigenvalue weighted by atomic mass is 16.6. The summed E-state index contributed by atoms with van der Waals surface area (Å²) >= 11 is 0. The molecule has 4 heteroatoms. The number of carbonyl (C=O) groups is 1. The van der Waals surface area contributed by atoms with E-state index < -0.39 is 5.60 Å². The predicted molar refractivity (Wildman–Crippen MR) is 91.7 cm³/mol. The molecule has 0 fully saturated rings. The van der Waals surface area contributed by atoms with Gasteiger partial charge in [-0.15, -0.1) is 0 Å². The molecule has 0 saturated carbocycles. The Morgan fingerprint density at radius 3 is 2.82 bits per heavy atom. The lowest BCUT2D eigenvalue weighted by Crippen LogP contribution is -2.39. The Morgan fingerprint density at radius 1 is 1.36 bits per heavy atom. The minimum absolute atomic E-state index is 0.250. The number of carbonyl (C=O) groups excluding carboxylic acids is 1. The van der Waals surface area contributed by atoms with E-state index in [1.807, 2.05) is 26.8 Å². The highest BCUT2D eigenvalue weighted by molar-refractivity contribution is 5.90. The van der Waals surface area contributed by atoms with Gasteiger partial charge >= 0.3 is 6.09 Å². The van der Waals surface area contributed by atoms with E-state index in [-0.39, 0.29) is 6.09 Å². The van der Waals surface area contributed by atoms with Crippen molar-refractivity contribution in [3.63, 3.8) is 0 Å². The second-order valence-corrected chi connectivity index (χ2v) is 6.86. The molecule has 1 aliphatic heterocycles. The molecule has 0 spiro atoms. The number of unbranched alkanes of at least 4 members (excludes halogenated alkanes) is 1. The van der Waals surface area contributed by atoms with Crippen molar-refractivity contribution in [1.29, 1.82) is 0 Å². The summed E-state index contributed by atoms with van der Waals surface area (Å²) in [6.45, 7) is 9.60. The quantitative estimate of drug-likeness (QED) is 0.827. The molecule has 0 aliphatic carbocycles. The van der Waals surface area contributed by atoms with Gasteiger partial charge in [0.15, 0.2) is 0 Å². The third-order valence-electron chi connectivity index (χ3n) is 3.67. The van der Waals surface area contributed by atoms with Crippen molar-refractivity contribution in [1.82, 2.24) is 0 Å². The zero-order chi connectivity index (χ0) is 16.2. The zero-order valence-corrected chi connectivity index (χ0v) is 14.2. The van der Waals surface area contributed by atoms with Crippen molar-refractivity contribution in [2.45, 2.75) is 59.0 Å². The molecule has 1 amide bonds. The summed E-state index contributed by atoms with van der Waals surface area (Å²) in [6, 6.07) is 6.26. The number of fused-ring (bicyclic) bond motifs is 1. The summed E-state index contributed by atoms with van der Waals surface area (Å²) in [5.41, 5.74) is 2.88. The van der Waals surface area contributed by atoms with Gasteiger partial charge in [0, 0.05) is 18.8 Å². The van der Waals surface area contributed by atoms with E-state index in [9.17, 15) is 4.79 Å². The van der Waals surface area contributed by atoms with Crippen molar-refractivity contribution >= 4 is 17.5 Å². The lowest BCUT2D eigenvalue weighted by Gasteiger charge is -2.32. The van der Waals surface area contributed by atoms with Crippen molar-refractivity contribution in [3.8, 4) is 0 Å². The van der Waals surface area contributed by atoms with Crippen LogP contribution in [-0.2, 0) is 11.2 Å². The molecule has 0 radical (unpaired) electrons. The molecule has 0 unspecified atom stereocenters. The second-order valence-electron chi connectivity index (χ2n) is 6.86. The van der Waals surface area contributed by atoms with E-state index in [1.165, 1.54) is 18.4 Å². The average Bonchev–Trinajstić information content (AvgIpc) is 2.45. The van der Waals surface area contributed by atoms with E-state index in [4.69, 9.17) is 4.74 Å². The number of nitrogens with zero attached hydrogens (tertiary/aromatic N) is 1. The Morgan fingerprint density at radius 2 is 2.14 bits per heavy atom. The van der Waals surface area contributed by atoms with Gasteiger partial charge in [-0.3, -0.25) is 4.90 Å². The van der Waals surface area contributed by atoms with Gasteiger partial charge in [0.2, 0.25) is 0 Å². The van der Waals surface area contributed by atoms with Crippen LogP contribution in [0.25, 0.3) is 0 Å². The normalized spacial score (nSPS) is 14.5. The molecule has 1 heterocycles. The van der Waals surface area contributed by atoms with E-state index in [0.717, 1.165) is 37.3 Å². The number of ether oxygens (including phenoxy) is 1. The fourth-order valence-electron chi connectivity index (χ4n) is 2.62. The van der Waals surface area contributed by atoms with Crippen LogP contribution in [-0.4, -0.2) is 24.8 Å². The van der Waals surface area contributed by atoms with Crippen LogP contribution in [0.3, 0.4) is 0 Å². The fraction of sp³-hybridized carbons (Fsp3) is 0.611. The molecule has 1 N–H and O–H groups in total. The molecular formula is C18H28N2O2. The molecule has 1 aromatic carbocycles. The Kier molecular flexibility index (Phi) is 5.33. The van der Waals surface area contributed by atoms with Gasteiger partial charge in [-0.1, -0.05) is 13.3 Å². The van der Waals surface area contributed by atoms with Gasteiger partial charge < -0.3 is 10.1 Å². The average molecular weight is 304 g/mol. The maximum absolute atomic E-state index is 12.4. The minimum Gasteiger partial charge on any atom is -0.443 e. The van der Waals surface area contributed by atoms with Crippen LogP contribution in [0, 0.1) is 0 Å². The first kappa shape index (κ1) is 16.7. The third kappa shape index (κ3) is 4.39. The molecular weight excluding hydrogens is 276 g/mol. The lowest BCUT2D eigenvalue weighted by atomic mass is 10.0. The number of nitrogens with one attached hydrogen (secondary N) is 1. The Bertz CT molecular complexity index is 520. The van der Waals surface area contributed by atoms with Crippen molar-refractivity contribution in [3.05, 3.63) is 23.8 Å². The number of hydrogen-bond acceptors (Lipinski definition) is 3. The summed E-state index contributed by atoms with van der Waals surface area (Å²) in [5, 5.41) is 3.44. The van der Waals surface area contributed by atoms with Crippen LogP contribution in [0.1, 0.15) is 52.5 Å². The van der Waals surface area contributed by atoms with Crippen molar-refractivity contribution < 1.29 is 9.53 Å². The van der Waals surface area contributed by atoms with E-state index in [2.05, 4.69) is 24.4 Å². The maximum Gasteiger partial charge on any atom is 0.414 e. The van der Waals surface area contributed by atoms with E-state index in [0.29, 0.717) is 0 Å². The summed E-state index contributed by atoms with van der Waals surface area (Å²) < 4.78 is 5.52. The Hall–Kier alpha value is -1.71. The van der Waals surface area contributed by atoms with Crippen LogP contribution in [0.5, 0.6) is 0 Å². The van der Waals surface area contributed by atoms with Crippen molar-refractivity contribution in [2.75, 3.05) is 23.3 Å². The number of anilines is 2. The highest BCUT2D eigenvalue weighted by Crippen LogP contribution is 2.30. The van der Waals surface area contributed by atoms with Crippen molar-refractivity contribution in [2.24, 2.45) is 0 Å². The third-order valence-corrected chi connectivity index (χ3v) is 3.67. The summed E-state index contributed by atoms with van der Waals surface area (Å²) in [5.74, 6) is 0. The monoisotopic (exact) mass is 304 g/mol. The summed E-state index contributed by atoms with van der Waals surface area (Å²) in [4.78, 5) is 14.1. The van der Waals surface area contributed by atoms with Crippen LogP contribution < -0.4 is 10.2 Å². The lowest BCUT2D eigenvalue weighted by molar-refractivity contribution is 0.0578. The largest absolute Gasteiger partial charge is 0.443 e. The SMILES string of the molecule is CCCCNc1ccc2c(c1)CCCN2C(=O)OC(C)(C)C. The Balaban J connectivity index is 2.12. The predicted octanol–water partition coefficient (Wildman–Crippen LogP) is 4.59. The molecule has 22 heavy (non-hydrogen) atoms. The van der Waals surface area contributed by atoms with Gasteiger partial charge in [0.1, 0.15) is 5.60 Å². The molecule has 122 valence electrons. The number of amides is 1. The van der Waals surface area contributed by atoms with Crippen LogP contribution in [0.4, 0.5) is 16.2 Å². The second kappa shape index (κ2) is 7.03.